The molecule has 1 amide bonds. The number of fused-ring (bicyclic) bond motifs is 1. The number of rotatable bonds is 2. The van der Waals surface area contributed by atoms with Crippen LogP contribution < -0.4 is 10.6 Å². The Kier molecular flexibility index (Phi) is 3.71. The highest BCUT2D eigenvalue weighted by Gasteiger charge is 2.16. The van der Waals surface area contributed by atoms with Crippen LogP contribution in [0.25, 0.3) is 0 Å². The second-order valence-electron chi connectivity index (χ2n) is 5.31. The third-order valence-corrected chi connectivity index (χ3v) is 3.76. The van der Waals surface area contributed by atoms with Gasteiger partial charge in [-0.15, -0.1) is 0 Å². The Balaban J connectivity index is 1.90. The fourth-order valence-corrected chi connectivity index (χ4v) is 2.63. The molecule has 0 fully saturated rings. The lowest BCUT2D eigenvalue weighted by Crippen LogP contribution is -2.25. The molecule has 0 spiro atoms. The van der Waals surface area contributed by atoms with Crippen LogP contribution in [0.1, 0.15) is 27.0 Å². The van der Waals surface area contributed by atoms with Gasteiger partial charge in [0.2, 0.25) is 0 Å². The smallest absolute Gasteiger partial charge is 0.258 e. The quantitative estimate of drug-likeness (QED) is 0.890. The van der Waals surface area contributed by atoms with Crippen molar-refractivity contribution in [3.8, 4) is 0 Å². The van der Waals surface area contributed by atoms with Gasteiger partial charge in [0.15, 0.2) is 0 Å². The van der Waals surface area contributed by atoms with Crippen LogP contribution in [0.15, 0.2) is 36.4 Å². The molecule has 0 bridgehead atoms. The highest BCUT2D eigenvalue weighted by Crippen LogP contribution is 2.24. The van der Waals surface area contributed by atoms with Gasteiger partial charge in [-0.3, -0.25) is 4.79 Å². The lowest BCUT2D eigenvalue weighted by Gasteiger charge is -2.20. The van der Waals surface area contributed by atoms with Gasteiger partial charge in [0, 0.05) is 12.2 Å². The first kappa shape index (κ1) is 13.8. The number of carbonyl (C=O) groups excluding carboxylic acids is 1. The van der Waals surface area contributed by atoms with Crippen molar-refractivity contribution in [2.75, 3.05) is 11.9 Å². The zero-order valence-electron chi connectivity index (χ0n) is 11.9. The van der Waals surface area contributed by atoms with E-state index < -0.39 is 11.7 Å². The third-order valence-electron chi connectivity index (χ3n) is 3.76. The Bertz CT molecular complexity index is 697. The molecule has 0 radical (unpaired) electrons. The molecular formula is C17H17FN2O. The van der Waals surface area contributed by atoms with Crippen molar-refractivity contribution in [1.29, 1.82) is 0 Å². The van der Waals surface area contributed by atoms with Crippen LogP contribution >= 0.6 is 0 Å². The second-order valence-corrected chi connectivity index (χ2v) is 5.31. The molecule has 4 heteroatoms. The zero-order valence-corrected chi connectivity index (χ0v) is 11.9. The molecule has 108 valence electrons. The maximum absolute atomic E-state index is 13.8. The van der Waals surface area contributed by atoms with E-state index in [0.29, 0.717) is 0 Å². The van der Waals surface area contributed by atoms with Gasteiger partial charge < -0.3 is 10.6 Å². The van der Waals surface area contributed by atoms with Crippen molar-refractivity contribution in [2.24, 2.45) is 0 Å². The van der Waals surface area contributed by atoms with Gasteiger partial charge in [0.25, 0.3) is 5.91 Å². The largest absolute Gasteiger partial charge is 0.322 e. The number of nitrogens with one attached hydrogen (secondary N) is 2. The molecule has 0 saturated heterocycles. The topological polar surface area (TPSA) is 41.1 Å². The summed E-state index contributed by atoms with van der Waals surface area (Å²) in [6.45, 7) is 3.50. The molecule has 3 nitrogen and oxygen atoms in total. The maximum atomic E-state index is 13.8. The molecule has 2 N–H and O–H groups in total. The van der Waals surface area contributed by atoms with E-state index in [4.69, 9.17) is 0 Å². The van der Waals surface area contributed by atoms with Gasteiger partial charge in [-0.25, -0.2) is 4.39 Å². The van der Waals surface area contributed by atoms with Gasteiger partial charge in [0.1, 0.15) is 5.82 Å². The Hall–Kier alpha value is -2.20. The van der Waals surface area contributed by atoms with Gasteiger partial charge in [-0.05, 0) is 49.2 Å². The van der Waals surface area contributed by atoms with Gasteiger partial charge in [0.05, 0.1) is 5.56 Å². The number of hydrogen-bond acceptors (Lipinski definition) is 2. The van der Waals surface area contributed by atoms with E-state index in [0.717, 1.165) is 36.3 Å². The molecule has 0 aromatic heterocycles. The summed E-state index contributed by atoms with van der Waals surface area (Å²) in [5.74, 6) is -0.906. The number of benzene rings is 2. The lowest BCUT2D eigenvalue weighted by molar-refractivity contribution is 0.102. The van der Waals surface area contributed by atoms with Crippen molar-refractivity contribution in [3.05, 3.63) is 64.5 Å². The zero-order chi connectivity index (χ0) is 14.8. The van der Waals surface area contributed by atoms with Crippen molar-refractivity contribution in [2.45, 2.75) is 19.9 Å². The molecule has 1 heterocycles. The molecule has 2 aromatic carbocycles. The van der Waals surface area contributed by atoms with E-state index in [1.807, 2.05) is 19.1 Å². The Morgan fingerprint density at radius 2 is 2.14 bits per heavy atom. The van der Waals surface area contributed by atoms with Crippen molar-refractivity contribution in [3.63, 3.8) is 0 Å². The summed E-state index contributed by atoms with van der Waals surface area (Å²) in [5.41, 5.74) is 4.02. The van der Waals surface area contributed by atoms with Gasteiger partial charge in [-0.2, -0.15) is 0 Å². The van der Waals surface area contributed by atoms with Crippen LogP contribution in [0.5, 0.6) is 0 Å². The van der Waals surface area contributed by atoms with Crippen LogP contribution in [0.4, 0.5) is 10.1 Å². The Morgan fingerprint density at radius 1 is 1.29 bits per heavy atom. The Labute approximate surface area is 123 Å². The molecule has 1 aliphatic heterocycles. The fourth-order valence-electron chi connectivity index (χ4n) is 2.63. The molecule has 21 heavy (non-hydrogen) atoms. The van der Waals surface area contributed by atoms with E-state index in [2.05, 4.69) is 16.7 Å². The van der Waals surface area contributed by atoms with E-state index >= 15 is 0 Å². The molecule has 0 aliphatic carbocycles. The van der Waals surface area contributed by atoms with Crippen molar-refractivity contribution < 1.29 is 9.18 Å². The SMILES string of the molecule is Cc1ccc(F)c(C(=O)Nc2cccc3c2CNCC3)c1. The summed E-state index contributed by atoms with van der Waals surface area (Å²) >= 11 is 0. The number of hydrogen-bond donors (Lipinski definition) is 2. The monoisotopic (exact) mass is 284 g/mol. The number of carbonyl (C=O) groups is 1. The number of anilines is 1. The normalized spacial score (nSPS) is 13.6. The fraction of sp³-hybridized carbons (Fsp3) is 0.235. The molecule has 0 saturated carbocycles. The van der Waals surface area contributed by atoms with E-state index in [1.54, 1.807) is 12.1 Å². The standard InChI is InChI=1S/C17H17FN2O/c1-11-5-6-15(18)13(9-11)17(21)20-16-4-2-3-12-7-8-19-10-14(12)16/h2-6,9,19H,7-8,10H2,1H3,(H,20,21). The van der Waals surface area contributed by atoms with Crippen LogP contribution in [-0.4, -0.2) is 12.5 Å². The molecule has 1 aliphatic rings. The minimum absolute atomic E-state index is 0.0800. The predicted molar refractivity (Wildman–Crippen MR) is 80.9 cm³/mol. The predicted octanol–water partition coefficient (Wildman–Crippen LogP) is 3.03. The maximum Gasteiger partial charge on any atom is 0.258 e. The average molecular weight is 284 g/mol. The first-order valence-electron chi connectivity index (χ1n) is 7.04. The van der Waals surface area contributed by atoms with Crippen LogP contribution in [-0.2, 0) is 13.0 Å². The molecule has 0 unspecified atom stereocenters. The van der Waals surface area contributed by atoms with Crippen LogP contribution in [0, 0.1) is 12.7 Å². The number of halogens is 1. The average Bonchev–Trinajstić information content (AvgIpc) is 2.50. The van der Waals surface area contributed by atoms with Crippen LogP contribution in [0.3, 0.4) is 0 Å². The van der Waals surface area contributed by atoms with Crippen LogP contribution in [0.2, 0.25) is 0 Å². The summed E-state index contributed by atoms with van der Waals surface area (Å²) in [4.78, 5) is 12.3. The van der Waals surface area contributed by atoms with Crippen molar-refractivity contribution >= 4 is 11.6 Å². The lowest BCUT2D eigenvalue weighted by atomic mass is 9.99. The number of amides is 1. The summed E-state index contributed by atoms with van der Waals surface area (Å²) in [6, 6.07) is 10.4. The molecule has 2 aromatic rings. The van der Waals surface area contributed by atoms with E-state index in [-0.39, 0.29) is 5.56 Å². The van der Waals surface area contributed by atoms with E-state index in [9.17, 15) is 9.18 Å². The minimum Gasteiger partial charge on any atom is -0.322 e. The number of aryl methyl sites for hydroxylation is 1. The summed E-state index contributed by atoms with van der Waals surface area (Å²) < 4.78 is 13.8. The molecular weight excluding hydrogens is 267 g/mol. The third kappa shape index (κ3) is 2.81. The first-order valence-corrected chi connectivity index (χ1v) is 7.04. The summed E-state index contributed by atoms with van der Waals surface area (Å²) in [7, 11) is 0. The van der Waals surface area contributed by atoms with Gasteiger partial charge >= 0.3 is 0 Å². The van der Waals surface area contributed by atoms with E-state index in [1.165, 1.54) is 11.6 Å². The van der Waals surface area contributed by atoms with Gasteiger partial charge in [-0.1, -0.05) is 23.8 Å². The highest BCUT2D eigenvalue weighted by molar-refractivity contribution is 6.05. The first-order chi connectivity index (χ1) is 10.1. The molecule has 3 rings (SSSR count). The summed E-state index contributed by atoms with van der Waals surface area (Å²) in [5, 5.41) is 6.12. The minimum atomic E-state index is -0.499. The molecule has 0 atom stereocenters. The Morgan fingerprint density at radius 3 is 3.00 bits per heavy atom. The highest BCUT2D eigenvalue weighted by atomic mass is 19.1. The second kappa shape index (κ2) is 5.66. The van der Waals surface area contributed by atoms with Crippen molar-refractivity contribution in [1.82, 2.24) is 5.32 Å². The summed E-state index contributed by atoms with van der Waals surface area (Å²) in [6.07, 6.45) is 0.942.